The fourth-order valence-electron chi connectivity index (χ4n) is 2.65. The lowest BCUT2D eigenvalue weighted by Gasteiger charge is -2.27. The average Bonchev–Trinajstić information content (AvgIpc) is 2.53. The quantitative estimate of drug-likeness (QED) is 0.792. The second-order valence-electron chi connectivity index (χ2n) is 5.09. The molecule has 0 amide bonds. The number of ether oxygens (including phenoxy) is 3. The van der Waals surface area contributed by atoms with E-state index in [9.17, 15) is 14.7 Å². The lowest BCUT2D eigenvalue weighted by Crippen LogP contribution is -2.29. The minimum Gasteiger partial charge on any atom is -0.494 e. The van der Waals surface area contributed by atoms with E-state index in [1.165, 1.54) is 14.0 Å². The van der Waals surface area contributed by atoms with Gasteiger partial charge in [0.2, 0.25) is 5.88 Å². The van der Waals surface area contributed by atoms with Crippen molar-refractivity contribution in [3.05, 3.63) is 52.6 Å². The number of benzene rings is 1. The summed E-state index contributed by atoms with van der Waals surface area (Å²) in [5.74, 6) is -2.34. The number of carbonyl (C=O) groups is 2. The molecule has 2 rings (SSSR count). The minimum atomic E-state index is -1.20. The van der Waals surface area contributed by atoms with Crippen LogP contribution in [0.1, 0.15) is 25.3 Å². The van der Waals surface area contributed by atoms with Crippen molar-refractivity contribution in [1.82, 2.24) is 0 Å². The number of nitrogens with two attached hydrogens (primary N) is 1. The van der Waals surface area contributed by atoms with Crippen molar-refractivity contribution in [2.24, 2.45) is 5.73 Å². The Labute approximate surface area is 139 Å². The van der Waals surface area contributed by atoms with Crippen LogP contribution in [0.3, 0.4) is 0 Å². The molecule has 3 N–H and O–H groups in total. The van der Waals surface area contributed by atoms with Gasteiger partial charge in [-0.3, -0.25) is 0 Å². The van der Waals surface area contributed by atoms with E-state index in [0.29, 0.717) is 17.9 Å². The molecule has 0 radical (unpaired) electrons. The van der Waals surface area contributed by atoms with Crippen molar-refractivity contribution < 1.29 is 28.9 Å². The average molecular weight is 333 g/mol. The molecular weight excluding hydrogens is 314 g/mol. The molecule has 1 aliphatic rings. The highest BCUT2D eigenvalue weighted by molar-refractivity contribution is 5.98. The molecule has 0 saturated heterocycles. The highest BCUT2D eigenvalue weighted by Gasteiger charge is 2.39. The summed E-state index contributed by atoms with van der Waals surface area (Å²) in [5, 5.41) is 9.59. The van der Waals surface area contributed by atoms with Gasteiger partial charge in [-0.1, -0.05) is 12.1 Å². The van der Waals surface area contributed by atoms with Gasteiger partial charge in [0.1, 0.15) is 17.1 Å². The van der Waals surface area contributed by atoms with Crippen molar-refractivity contribution in [3.8, 4) is 5.75 Å². The van der Waals surface area contributed by atoms with Crippen LogP contribution in [0.15, 0.2) is 47.1 Å². The summed E-state index contributed by atoms with van der Waals surface area (Å²) in [4.78, 5) is 23.9. The first-order valence-electron chi connectivity index (χ1n) is 7.33. The summed E-state index contributed by atoms with van der Waals surface area (Å²) >= 11 is 0. The third-order valence-corrected chi connectivity index (χ3v) is 3.62. The first-order chi connectivity index (χ1) is 11.4. The van der Waals surface area contributed by atoms with Gasteiger partial charge in [0.15, 0.2) is 0 Å². The van der Waals surface area contributed by atoms with Crippen LogP contribution >= 0.6 is 0 Å². The monoisotopic (exact) mass is 333 g/mol. The van der Waals surface area contributed by atoms with Gasteiger partial charge in [-0.15, -0.1) is 0 Å². The van der Waals surface area contributed by atoms with Crippen molar-refractivity contribution in [2.75, 3.05) is 13.7 Å². The van der Waals surface area contributed by atoms with E-state index in [1.807, 2.05) is 6.92 Å². The topological polar surface area (TPSA) is 108 Å². The zero-order valence-electron chi connectivity index (χ0n) is 13.7. The Bertz CT molecular complexity index is 734. The fraction of sp³-hybridized carbons (Fsp3) is 0.294. The maximum absolute atomic E-state index is 12.2. The molecular formula is C17H19NO6. The molecule has 1 aromatic rings. The molecule has 7 nitrogen and oxygen atoms in total. The van der Waals surface area contributed by atoms with E-state index in [-0.39, 0.29) is 22.8 Å². The first kappa shape index (κ1) is 17.4. The first-order valence-corrected chi connectivity index (χ1v) is 7.33. The van der Waals surface area contributed by atoms with Crippen molar-refractivity contribution in [2.45, 2.75) is 19.8 Å². The Morgan fingerprint density at radius 3 is 2.62 bits per heavy atom. The number of carboxylic acids is 1. The van der Waals surface area contributed by atoms with Crippen LogP contribution in [0, 0.1) is 0 Å². The predicted octanol–water partition coefficient (Wildman–Crippen LogP) is 1.90. The normalized spacial score (nSPS) is 17.4. The fourth-order valence-corrected chi connectivity index (χ4v) is 2.65. The van der Waals surface area contributed by atoms with Crippen molar-refractivity contribution >= 4 is 11.9 Å². The molecule has 128 valence electrons. The highest BCUT2D eigenvalue weighted by Crippen LogP contribution is 2.40. The van der Waals surface area contributed by atoms with E-state index in [0.717, 1.165) is 0 Å². The summed E-state index contributed by atoms with van der Waals surface area (Å²) in [6.45, 7) is 3.79. The summed E-state index contributed by atoms with van der Waals surface area (Å²) in [6.07, 6.45) is 0. The SMILES string of the molecule is CCOc1cccc(C2C(C(=O)O)=C(C)OC(N)=C2C(=O)OC)c1. The Balaban J connectivity index is 2.65. The number of allylic oxidation sites excluding steroid dienone is 1. The van der Waals surface area contributed by atoms with Gasteiger partial charge in [-0.2, -0.15) is 0 Å². The lowest BCUT2D eigenvalue weighted by molar-refractivity contribution is -0.136. The molecule has 0 aromatic heterocycles. The number of carboxylic acid groups (broad SMARTS) is 1. The third-order valence-electron chi connectivity index (χ3n) is 3.62. The van der Waals surface area contributed by atoms with Crippen LogP contribution in [-0.2, 0) is 19.1 Å². The van der Waals surface area contributed by atoms with Crippen LogP contribution < -0.4 is 10.5 Å². The summed E-state index contributed by atoms with van der Waals surface area (Å²) in [5.41, 5.74) is 6.26. The molecule has 24 heavy (non-hydrogen) atoms. The van der Waals surface area contributed by atoms with Gasteiger partial charge in [-0.05, 0) is 31.5 Å². The molecule has 1 aliphatic heterocycles. The van der Waals surface area contributed by atoms with Gasteiger partial charge in [0.05, 0.1) is 25.2 Å². The zero-order valence-corrected chi connectivity index (χ0v) is 13.7. The third kappa shape index (κ3) is 3.19. The van der Waals surface area contributed by atoms with Crippen LogP contribution in [0.25, 0.3) is 0 Å². The molecule has 1 aromatic carbocycles. The van der Waals surface area contributed by atoms with Crippen molar-refractivity contribution in [1.29, 1.82) is 0 Å². The summed E-state index contributed by atoms with van der Waals surface area (Å²) in [6, 6.07) is 6.83. The zero-order chi connectivity index (χ0) is 17.9. The van der Waals surface area contributed by atoms with Gasteiger partial charge >= 0.3 is 11.9 Å². The second-order valence-corrected chi connectivity index (χ2v) is 5.09. The molecule has 0 bridgehead atoms. The van der Waals surface area contributed by atoms with E-state index in [1.54, 1.807) is 24.3 Å². The number of rotatable bonds is 5. The second kappa shape index (κ2) is 7.08. The lowest BCUT2D eigenvalue weighted by atomic mass is 9.82. The van der Waals surface area contributed by atoms with Gasteiger partial charge in [0.25, 0.3) is 0 Å². The van der Waals surface area contributed by atoms with E-state index in [4.69, 9.17) is 19.9 Å². The Morgan fingerprint density at radius 1 is 1.33 bits per heavy atom. The number of methoxy groups -OCH3 is 1. The molecule has 0 spiro atoms. The predicted molar refractivity (Wildman–Crippen MR) is 85.0 cm³/mol. The standard InChI is InChI=1S/C17H19NO6/c1-4-23-11-7-5-6-10(8-11)13-12(16(19)20)9(2)24-15(18)14(13)17(21)22-3/h5-8,13H,4,18H2,1-3H3,(H,19,20). The Kier molecular flexibility index (Phi) is 5.13. The smallest absolute Gasteiger partial charge is 0.340 e. The summed E-state index contributed by atoms with van der Waals surface area (Å²) < 4.78 is 15.4. The number of aliphatic carboxylic acids is 1. The Hall–Kier alpha value is -2.96. The van der Waals surface area contributed by atoms with Crippen LogP contribution in [0.4, 0.5) is 0 Å². The van der Waals surface area contributed by atoms with E-state index >= 15 is 0 Å². The van der Waals surface area contributed by atoms with Gasteiger partial charge in [0, 0.05) is 0 Å². The van der Waals surface area contributed by atoms with Crippen molar-refractivity contribution in [3.63, 3.8) is 0 Å². The van der Waals surface area contributed by atoms with Crippen LogP contribution in [0.5, 0.6) is 5.75 Å². The maximum atomic E-state index is 12.2. The van der Waals surface area contributed by atoms with Gasteiger partial charge < -0.3 is 25.1 Å². The molecule has 0 fully saturated rings. The minimum absolute atomic E-state index is 0.0471. The molecule has 7 heteroatoms. The number of hydrogen-bond acceptors (Lipinski definition) is 6. The van der Waals surface area contributed by atoms with Crippen LogP contribution in [0.2, 0.25) is 0 Å². The van der Waals surface area contributed by atoms with Crippen LogP contribution in [-0.4, -0.2) is 30.8 Å². The molecule has 1 unspecified atom stereocenters. The van der Waals surface area contributed by atoms with E-state index < -0.39 is 17.9 Å². The Morgan fingerprint density at radius 2 is 2.04 bits per heavy atom. The molecule has 0 aliphatic carbocycles. The number of carbonyl (C=O) groups excluding carboxylic acids is 1. The molecule has 1 heterocycles. The molecule has 1 atom stereocenters. The summed E-state index contributed by atoms with van der Waals surface area (Å²) in [7, 11) is 1.20. The largest absolute Gasteiger partial charge is 0.494 e. The highest BCUT2D eigenvalue weighted by atomic mass is 16.5. The van der Waals surface area contributed by atoms with Gasteiger partial charge in [-0.25, -0.2) is 9.59 Å². The molecule has 0 saturated carbocycles. The number of esters is 1. The number of hydrogen-bond donors (Lipinski definition) is 2. The maximum Gasteiger partial charge on any atom is 0.340 e. The van der Waals surface area contributed by atoms with E-state index in [2.05, 4.69) is 0 Å².